The van der Waals surface area contributed by atoms with E-state index in [0.717, 1.165) is 0 Å². The molecule has 0 radical (unpaired) electrons. The largest absolute Gasteiger partial charge is 0.389 e. The van der Waals surface area contributed by atoms with E-state index in [2.05, 4.69) is 20.8 Å². The molecule has 3 heteroatoms. The molecular formula is C13H19FOS. The molecule has 0 heterocycles. The maximum absolute atomic E-state index is 13.7. The van der Waals surface area contributed by atoms with E-state index in [-0.39, 0.29) is 5.82 Å². The van der Waals surface area contributed by atoms with Gasteiger partial charge in [-0.2, -0.15) is 0 Å². The average molecular weight is 242 g/mol. The van der Waals surface area contributed by atoms with E-state index in [1.54, 1.807) is 19.1 Å². The summed E-state index contributed by atoms with van der Waals surface area (Å²) in [6.45, 7) is 7.97. The Hall–Kier alpha value is -0.540. The van der Waals surface area contributed by atoms with Crippen LogP contribution < -0.4 is 0 Å². The maximum Gasteiger partial charge on any atom is 0.137 e. The number of aliphatic hydroxyl groups excluding tert-OH is 1. The molecule has 0 aliphatic rings. The van der Waals surface area contributed by atoms with Crippen LogP contribution in [0, 0.1) is 11.7 Å². The lowest BCUT2D eigenvalue weighted by Crippen LogP contribution is -2.07. The lowest BCUT2D eigenvalue weighted by atomic mass is 10.1. The molecule has 1 rings (SSSR count). The van der Waals surface area contributed by atoms with Crippen LogP contribution in [0.15, 0.2) is 23.1 Å². The van der Waals surface area contributed by atoms with Crippen LogP contribution in [0.25, 0.3) is 0 Å². The highest BCUT2D eigenvalue weighted by atomic mass is 32.2. The third-order valence-corrected chi connectivity index (χ3v) is 4.27. The fourth-order valence-corrected chi connectivity index (χ4v) is 2.50. The van der Waals surface area contributed by atoms with Gasteiger partial charge in [-0.3, -0.25) is 0 Å². The molecule has 0 aliphatic carbocycles. The molecular weight excluding hydrogens is 223 g/mol. The minimum atomic E-state index is -0.627. The van der Waals surface area contributed by atoms with Crippen molar-refractivity contribution in [2.24, 2.45) is 5.92 Å². The molecule has 1 aromatic carbocycles. The van der Waals surface area contributed by atoms with Gasteiger partial charge in [-0.15, -0.1) is 11.8 Å². The van der Waals surface area contributed by atoms with Gasteiger partial charge in [0.2, 0.25) is 0 Å². The van der Waals surface area contributed by atoms with Crippen molar-refractivity contribution in [1.29, 1.82) is 0 Å². The first kappa shape index (κ1) is 13.5. The van der Waals surface area contributed by atoms with Gasteiger partial charge in [0.15, 0.2) is 0 Å². The zero-order chi connectivity index (χ0) is 12.3. The Morgan fingerprint density at radius 1 is 1.19 bits per heavy atom. The van der Waals surface area contributed by atoms with Gasteiger partial charge in [-0.05, 0) is 24.5 Å². The summed E-state index contributed by atoms with van der Waals surface area (Å²) in [7, 11) is 0. The molecule has 0 saturated heterocycles. The molecule has 2 atom stereocenters. The molecule has 0 fully saturated rings. The molecule has 0 saturated carbocycles. The molecule has 0 bridgehead atoms. The maximum atomic E-state index is 13.7. The van der Waals surface area contributed by atoms with Crippen molar-refractivity contribution >= 4 is 11.8 Å². The molecule has 1 unspecified atom stereocenters. The standard InChI is InChI=1S/C13H19FOS/c1-8(2)10(4)16-13-11(9(3)15)6-5-7-12(13)14/h5-10,15H,1-4H3/t9-,10?/m0/s1. The van der Waals surface area contributed by atoms with Crippen LogP contribution in [-0.4, -0.2) is 10.4 Å². The monoisotopic (exact) mass is 242 g/mol. The highest BCUT2D eigenvalue weighted by Crippen LogP contribution is 2.35. The van der Waals surface area contributed by atoms with Gasteiger partial charge < -0.3 is 5.11 Å². The Morgan fingerprint density at radius 2 is 1.81 bits per heavy atom. The molecule has 1 N–H and O–H groups in total. The van der Waals surface area contributed by atoms with Crippen LogP contribution in [0.4, 0.5) is 4.39 Å². The minimum Gasteiger partial charge on any atom is -0.389 e. The number of halogens is 1. The summed E-state index contributed by atoms with van der Waals surface area (Å²) in [5, 5.41) is 9.93. The van der Waals surface area contributed by atoms with Gasteiger partial charge in [0.1, 0.15) is 5.82 Å². The second kappa shape index (κ2) is 5.69. The summed E-state index contributed by atoms with van der Waals surface area (Å²) < 4.78 is 13.7. The van der Waals surface area contributed by atoms with Crippen molar-refractivity contribution in [2.45, 2.75) is 43.9 Å². The van der Waals surface area contributed by atoms with Crippen LogP contribution >= 0.6 is 11.8 Å². The molecule has 0 amide bonds. The lowest BCUT2D eigenvalue weighted by Gasteiger charge is -2.19. The van der Waals surface area contributed by atoms with E-state index in [9.17, 15) is 9.50 Å². The van der Waals surface area contributed by atoms with Crippen molar-refractivity contribution in [3.05, 3.63) is 29.6 Å². The number of benzene rings is 1. The van der Waals surface area contributed by atoms with Gasteiger partial charge in [0.05, 0.1) is 6.10 Å². The Kier molecular flexibility index (Phi) is 4.81. The molecule has 0 aliphatic heterocycles. The third kappa shape index (κ3) is 3.22. The number of hydrogen-bond acceptors (Lipinski definition) is 2. The van der Waals surface area contributed by atoms with E-state index in [4.69, 9.17) is 0 Å². The highest BCUT2D eigenvalue weighted by molar-refractivity contribution is 8.00. The predicted molar refractivity (Wildman–Crippen MR) is 67.2 cm³/mol. The molecule has 1 nitrogen and oxygen atoms in total. The van der Waals surface area contributed by atoms with Crippen molar-refractivity contribution in [3.8, 4) is 0 Å². The minimum absolute atomic E-state index is 0.240. The second-order valence-corrected chi connectivity index (χ2v) is 5.79. The highest BCUT2D eigenvalue weighted by Gasteiger charge is 2.17. The number of hydrogen-bond donors (Lipinski definition) is 1. The average Bonchev–Trinajstić information content (AvgIpc) is 2.20. The van der Waals surface area contributed by atoms with Gasteiger partial charge >= 0.3 is 0 Å². The summed E-state index contributed by atoms with van der Waals surface area (Å²) in [6.07, 6.45) is -0.627. The topological polar surface area (TPSA) is 20.2 Å². The summed E-state index contributed by atoms with van der Waals surface area (Å²) in [5.41, 5.74) is 0.678. The van der Waals surface area contributed by atoms with Gasteiger partial charge in [-0.1, -0.05) is 32.9 Å². The molecule has 1 aromatic rings. The van der Waals surface area contributed by atoms with Crippen LogP contribution in [0.5, 0.6) is 0 Å². The zero-order valence-corrected chi connectivity index (χ0v) is 11.0. The number of thioether (sulfide) groups is 1. The van der Waals surface area contributed by atoms with Crippen LogP contribution in [0.1, 0.15) is 39.4 Å². The first-order chi connectivity index (χ1) is 7.43. The van der Waals surface area contributed by atoms with E-state index in [1.165, 1.54) is 17.8 Å². The predicted octanol–water partition coefficient (Wildman–Crippen LogP) is 4.02. The Labute approximate surface area is 101 Å². The van der Waals surface area contributed by atoms with Crippen molar-refractivity contribution in [2.75, 3.05) is 0 Å². The molecule has 0 aromatic heterocycles. The smallest absolute Gasteiger partial charge is 0.137 e. The quantitative estimate of drug-likeness (QED) is 0.805. The fourth-order valence-electron chi connectivity index (χ4n) is 1.30. The van der Waals surface area contributed by atoms with Crippen molar-refractivity contribution < 1.29 is 9.50 Å². The molecule has 90 valence electrons. The SMILES string of the molecule is CC(C)C(C)Sc1c(F)cccc1[C@H](C)O. The first-order valence-corrected chi connectivity index (χ1v) is 6.44. The van der Waals surface area contributed by atoms with E-state index in [0.29, 0.717) is 21.6 Å². The normalized spacial score (nSPS) is 15.2. The third-order valence-electron chi connectivity index (χ3n) is 2.69. The summed E-state index contributed by atoms with van der Waals surface area (Å²) in [5.74, 6) is 0.238. The number of rotatable bonds is 4. The van der Waals surface area contributed by atoms with Crippen molar-refractivity contribution in [3.63, 3.8) is 0 Å². The lowest BCUT2D eigenvalue weighted by molar-refractivity contribution is 0.195. The van der Waals surface area contributed by atoms with Crippen LogP contribution in [0.2, 0.25) is 0 Å². The first-order valence-electron chi connectivity index (χ1n) is 5.56. The summed E-state index contributed by atoms with van der Waals surface area (Å²) in [4.78, 5) is 0.582. The zero-order valence-electron chi connectivity index (χ0n) is 10.2. The van der Waals surface area contributed by atoms with Crippen molar-refractivity contribution in [1.82, 2.24) is 0 Å². The Bertz CT molecular complexity index is 350. The van der Waals surface area contributed by atoms with Gasteiger partial charge in [0, 0.05) is 10.1 Å². The molecule has 16 heavy (non-hydrogen) atoms. The van der Waals surface area contributed by atoms with Gasteiger partial charge in [0.25, 0.3) is 0 Å². The van der Waals surface area contributed by atoms with E-state index in [1.807, 2.05) is 0 Å². The van der Waals surface area contributed by atoms with Crippen LogP contribution in [-0.2, 0) is 0 Å². The molecule has 0 spiro atoms. The Morgan fingerprint density at radius 3 is 2.31 bits per heavy atom. The summed E-state index contributed by atoms with van der Waals surface area (Å²) >= 11 is 1.50. The fraction of sp³-hybridized carbons (Fsp3) is 0.538. The number of aliphatic hydroxyl groups is 1. The van der Waals surface area contributed by atoms with Crippen LogP contribution in [0.3, 0.4) is 0 Å². The van der Waals surface area contributed by atoms with E-state index < -0.39 is 6.10 Å². The summed E-state index contributed by atoms with van der Waals surface area (Å²) in [6, 6.07) is 4.87. The second-order valence-electron chi connectivity index (χ2n) is 4.40. The van der Waals surface area contributed by atoms with E-state index >= 15 is 0 Å². The van der Waals surface area contributed by atoms with Gasteiger partial charge in [-0.25, -0.2) is 4.39 Å². The Balaban J connectivity index is 3.01.